The molecule has 3 N–H and O–H groups in total. The van der Waals surface area contributed by atoms with Crippen molar-refractivity contribution in [2.45, 2.75) is 63.9 Å². The van der Waals surface area contributed by atoms with E-state index in [-0.39, 0.29) is 47.2 Å². The van der Waals surface area contributed by atoms with E-state index in [4.69, 9.17) is 29.2 Å². The third kappa shape index (κ3) is 6.07. The van der Waals surface area contributed by atoms with Crippen molar-refractivity contribution in [2.75, 3.05) is 19.5 Å². The number of benzene rings is 1. The van der Waals surface area contributed by atoms with E-state index in [0.29, 0.717) is 0 Å². The highest BCUT2D eigenvalue weighted by atomic mass is 31.1. The number of aliphatic hydroxyl groups is 1. The molecule has 1 aromatic carbocycles. The molecule has 216 valence electrons. The zero-order chi connectivity index (χ0) is 29.2. The van der Waals surface area contributed by atoms with Crippen molar-refractivity contribution >= 4 is 31.2 Å². The molecule has 4 rings (SSSR count). The van der Waals surface area contributed by atoms with Crippen LogP contribution in [0.2, 0.25) is 0 Å². The molecule has 3 heterocycles. The Kier molecular flexibility index (Phi) is 8.68. The molecule has 3 aromatic rings. The lowest BCUT2D eigenvalue weighted by molar-refractivity contribution is -0.170. The van der Waals surface area contributed by atoms with Gasteiger partial charge in [-0.3, -0.25) is 9.09 Å². The Hall–Kier alpha value is -3.65. The monoisotopic (exact) mass is 580 g/mol. The number of aliphatic hydroxyl groups excluding tert-OH is 1. The number of carbonyl (C=O) groups excluding carboxylic acids is 1. The fourth-order valence-corrected chi connectivity index (χ4v) is 4.76. The lowest BCUT2D eigenvalue weighted by Gasteiger charge is -2.24. The molecule has 1 saturated heterocycles. The van der Waals surface area contributed by atoms with E-state index in [9.17, 15) is 14.8 Å². The zero-order valence-corrected chi connectivity index (χ0v) is 23.3. The lowest BCUT2D eigenvalue weighted by Crippen LogP contribution is -2.41. The Bertz CT molecular complexity index is 1400. The Labute approximate surface area is 229 Å². The van der Waals surface area contributed by atoms with Crippen LogP contribution >= 0.6 is 8.17 Å². The molecule has 40 heavy (non-hydrogen) atoms. The minimum atomic E-state index is -2.66. The number of imidazole rings is 1. The minimum Gasteiger partial charge on any atom is -0.575 e. The first-order chi connectivity index (χ1) is 18.9. The Morgan fingerprint density at radius 2 is 2.02 bits per heavy atom. The molecule has 6 atom stereocenters. The number of carbonyl (C=O) groups is 1. The fourth-order valence-electron chi connectivity index (χ4n) is 4.01. The summed E-state index contributed by atoms with van der Waals surface area (Å²) in [5.41, 5.74) is 3.87. The van der Waals surface area contributed by atoms with Crippen LogP contribution in [0.3, 0.4) is 0 Å². The summed E-state index contributed by atoms with van der Waals surface area (Å²) in [4.78, 5) is 36.7. The Balaban J connectivity index is 1.49. The highest BCUT2D eigenvalue weighted by Gasteiger charge is 2.55. The Morgan fingerprint density at radius 3 is 2.70 bits per heavy atom. The van der Waals surface area contributed by atoms with Crippen molar-refractivity contribution in [2.24, 2.45) is 4.74 Å². The van der Waals surface area contributed by atoms with Crippen molar-refractivity contribution in [3.8, 4) is 17.4 Å². The van der Waals surface area contributed by atoms with Gasteiger partial charge in [-0.15, -0.1) is 0 Å². The Morgan fingerprint density at radius 1 is 1.32 bits per heavy atom. The van der Waals surface area contributed by atoms with Crippen LogP contribution in [0.5, 0.6) is 17.4 Å². The minimum absolute atomic E-state index is 0.0590. The van der Waals surface area contributed by atoms with Gasteiger partial charge in [0, 0.05) is 0 Å². The number of nitrogens with two attached hydrogens (primary N) is 1. The van der Waals surface area contributed by atoms with Gasteiger partial charge in [0.2, 0.25) is 17.6 Å². The molecule has 0 bridgehead atoms. The maximum atomic E-state index is 15.8. The number of hydrogen-bond donors (Lipinski definition) is 2. The summed E-state index contributed by atoms with van der Waals surface area (Å²) in [5.74, 6) is -0.452. The van der Waals surface area contributed by atoms with Gasteiger partial charge in [0.15, 0.2) is 34.9 Å². The van der Waals surface area contributed by atoms with Crippen molar-refractivity contribution in [1.82, 2.24) is 19.5 Å². The molecule has 16 heteroatoms. The van der Waals surface area contributed by atoms with Crippen LogP contribution in [-0.2, 0) is 14.3 Å². The quantitative estimate of drug-likeness (QED) is 0.263. The number of aromatic nitrogens is 4. The van der Waals surface area contributed by atoms with Gasteiger partial charge < -0.3 is 34.7 Å². The van der Waals surface area contributed by atoms with Crippen LogP contribution in [0.15, 0.2) is 35.3 Å². The molecule has 1 aliphatic rings. The average Bonchev–Trinajstić information content (AvgIpc) is 3.40. The normalized spacial score (nSPS) is 23.8. The van der Waals surface area contributed by atoms with Crippen molar-refractivity contribution < 1.29 is 42.7 Å². The van der Waals surface area contributed by atoms with Gasteiger partial charge in [-0.1, -0.05) is 16.9 Å². The number of methoxy groups -OCH3 is 1. The van der Waals surface area contributed by atoms with E-state index < -0.39 is 44.3 Å². The van der Waals surface area contributed by atoms with Crippen LogP contribution < -0.4 is 24.6 Å². The van der Waals surface area contributed by atoms with Gasteiger partial charge in [-0.25, -0.2) is 14.2 Å². The predicted molar refractivity (Wildman–Crippen MR) is 138 cm³/mol. The van der Waals surface area contributed by atoms with Gasteiger partial charge >= 0.3 is 14.1 Å². The van der Waals surface area contributed by atoms with Gasteiger partial charge in [-0.2, -0.15) is 9.97 Å². The van der Waals surface area contributed by atoms with Gasteiger partial charge in [0.1, 0.15) is 18.8 Å². The topological polar surface area (TPSA) is 188 Å². The van der Waals surface area contributed by atoms with Crippen LogP contribution in [0.1, 0.15) is 33.9 Å². The lowest BCUT2D eigenvalue weighted by atomic mass is 9.98. The second-order valence-electron chi connectivity index (χ2n) is 9.40. The standard InChI is InChI=1S/C24H30FN6O8P/c1-12(2)37-21(33)13(3)30-40(34)39-15-9-7-6-8-14(15)36-10-16-18(32)24(4,25)22(38-16)31-11-27-17-19(31)28-23(26)29-20(17)35-5/h6-9,11-13,16,18,22,32H,10H2,1-5H3,(H2,26,28,29)/t13-,16+,18+,22+,24+/m0/s1. The van der Waals surface area contributed by atoms with Crippen LogP contribution in [0.4, 0.5) is 10.3 Å². The van der Waals surface area contributed by atoms with Crippen LogP contribution in [0, 0.1) is 0 Å². The molecule has 0 amide bonds. The second-order valence-corrected chi connectivity index (χ2v) is 10.3. The summed E-state index contributed by atoms with van der Waals surface area (Å²) in [6, 6.07) is 5.25. The first-order valence-electron chi connectivity index (χ1n) is 12.3. The van der Waals surface area contributed by atoms with E-state index >= 15 is 4.39 Å². The number of nitrogen functional groups attached to an aromatic ring is 1. The molecule has 1 unspecified atom stereocenters. The first-order valence-corrected chi connectivity index (χ1v) is 13.4. The SMILES string of the molecule is COc1nc(N)nc2c1ncn2[C@@H]1O[C@H](COc2ccccc2O/[P+]([O-])=N/[C@@H](C)C(=O)OC(C)C)[C@@H](O)[C@@]1(C)F. The second kappa shape index (κ2) is 11.8. The third-order valence-corrected chi connectivity index (χ3v) is 6.85. The molecule has 2 aromatic heterocycles. The first kappa shape index (κ1) is 29.3. The summed E-state index contributed by atoms with van der Waals surface area (Å²) in [6.07, 6.45) is -3.13. The van der Waals surface area contributed by atoms with E-state index in [1.54, 1.807) is 26.0 Å². The van der Waals surface area contributed by atoms with Crippen molar-refractivity contribution in [3.05, 3.63) is 30.6 Å². The maximum Gasteiger partial charge on any atom is 0.395 e. The summed E-state index contributed by atoms with van der Waals surface area (Å²) < 4.78 is 48.2. The highest BCUT2D eigenvalue weighted by molar-refractivity contribution is 7.34. The number of alkyl halides is 1. The number of anilines is 1. The summed E-state index contributed by atoms with van der Waals surface area (Å²) >= 11 is 0. The number of ether oxygens (including phenoxy) is 4. The van der Waals surface area contributed by atoms with Crippen LogP contribution in [-0.4, -0.2) is 74.3 Å². The molecule has 1 aliphatic heterocycles. The molecule has 0 spiro atoms. The fraction of sp³-hybridized carbons (Fsp3) is 0.500. The number of fused-ring (bicyclic) bond motifs is 1. The van der Waals surface area contributed by atoms with Crippen molar-refractivity contribution in [3.63, 3.8) is 0 Å². The van der Waals surface area contributed by atoms with E-state index in [1.807, 2.05) is 0 Å². The molecule has 14 nitrogen and oxygen atoms in total. The smallest absolute Gasteiger partial charge is 0.395 e. The largest absolute Gasteiger partial charge is 0.575 e. The summed E-state index contributed by atoms with van der Waals surface area (Å²) in [5, 5.41) is 10.8. The van der Waals surface area contributed by atoms with Crippen LogP contribution in [0.25, 0.3) is 11.2 Å². The number of hydrogen-bond acceptors (Lipinski definition) is 13. The molecule has 0 radical (unpaired) electrons. The maximum absolute atomic E-state index is 15.8. The molecular weight excluding hydrogens is 550 g/mol. The predicted octanol–water partition coefficient (Wildman–Crippen LogP) is 2.06. The van der Waals surface area contributed by atoms with E-state index in [0.717, 1.165) is 0 Å². The number of esters is 1. The number of para-hydroxylation sites is 2. The average molecular weight is 581 g/mol. The van der Waals surface area contributed by atoms with Gasteiger partial charge in [0.25, 0.3) is 0 Å². The third-order valence-electron chi connectivity index (χ3n) is 5.96. The van der Waals surface area contributed by atoms with Gasteiger partial charge in [0.05, 0.1) is 19.5 Å². The van der Waals surface area contributed by atoms with Gasteiger partial charge in [-0.05, 0) is 39.8 Å². The summed E-state index contributed by atoms with van der Waals surface area (Å²) in [6.45, 7) is 5.70. The molecule has 0 aliphatic carbocycles. The molecular formula is C24H30FN6O8P. The van der Waals surface area contributed by atoms with Crippen molar-refractivity contribution in [1.29, 1.82) is 0 Å². The summed E-state index contributed by atoms with van der Waals surface area (Å²) in [7, 11) is -1.28. The number of rotatable bonds is 10. The number of halogens is 1. The van der Waals surface area contributed by atoms with E-state index in [1.165, 1.54) is 44.0 Å². The highest BCUT2D eigenvalue weighted by Crippen LogP contribution is 2.43. The molecule has 1 fully saturated rings. The number of nitrogens with zero attached hydrogens (tertiary/aromatic N) is 5. The zero-order valence-electron chi connectivity index (χ0n) is 22.4. The molecule has 0 saturated carbocycles. The van der Waals surface area contributed by atoms with E-state index in [2.05, 4.69) is 19.7 Å².